The summed E-state index contributed by atoms with van der Waals surface area (Å²) in [6.07, 6.45) is 6.49. The van der Waals surface area contributed by atoms with Crippen LogP contribution >= 0.6 is 0 Å². The van der Waals surface area contributed by atoms with Crippen LogP contribution in [0.2, 0.25) is 0 Å². The van der Waals surface area contributed by atoms with E-state index in [1.165, 1.54) is 39.0 Å². The number of Topliss-reactive ketones (excluding diaryl/α,β-unsaturated/α-hetero) is 1. The number of nitrogens with zero attached hydrogens (tertiary/aromatic N) is 1. The third-order valence-corrected chi connectivity index (χ3v) is 5.71. The van der Waals surface area contributed by atoms with Crippen LogP contribution in [0.4, 0.5) is 8.78 Å². The van der Waals surface area contributed by atoms with Gasteiger partial charge in [0.1, 0.15) is 11.6 Å². The van der Waals surface area contributed by atoms with Gasteiger partial charge in [-0.3, -0.25) is 14.5 Å². The first-order valence-electron chi connectivity index (χ1n) is 10.5. The number of carbonyl (C=O) groups excluding carboxylic acids is 2. The van der Waals surface area contributed by atoms with Crippen LogP contribution in [0.1, 0.15) is 77.1 Å². The fourth-order valence-corrected chi connectivity index (χ4v) is 4.38. The number of amides is 1. The Morgan fingerprint density at radius 3 is 2.17 bits per heavy atom. The Bertz CT molecular complexity index is 716. The van der Waals surface area contributed by atoms with Crippen molar-refractivity contribution in [2.24, 2.45) is 5.92 Å². The third-order valence-electron chi connectivity index (χ3n) is 5.71. The summed E-state index contributed by atoms with van der Waals surface area (Å²) in [7, 11) is 0. The first kappa shape index (κ1) is 23.5. The van der Waals surface area contributed by atoms with Gasteiger partial charge in [-0.1, -0.05) is 13.3 Å². The summed E-state index contributed by atoms with van der Waals surface area (Å²) < 4.78 is 24.9. The lowest BCUT2D eigenvalue weighted by Crippen LogP contribution is -2.51. The Kier molecular flexibility index (Phi) is 7.92. The standard InChI is InChI=1S/C15H28N2O.C8H6F2O/c1-5-11-8-12-6-7-13(9-11)17(12)10-14(18)16-15(2,3)4;1-5(11)7-3-2-6(9)4-8(7)10/h11-13H,5-10H2,1-4H3,(H,16,18);2-4H,1H3. The summed E-state index contributed by atoms with van der Waals surface area (Å²) in [4.78, 5) is 25.1. The number of benzene rings is 1. The minimum atomic E-state index is -0.808. The number of halogens is 2. The lowest BCUT2D eigenvalue weighted by atomic mass is 9.89. The van der Waals surface area contributed by atoms with Gasteiger partial charge in [-0.05, 0) is 71.4 Å². The number of ketones is 1. The molecule has 6 heteroatoms. The predicted molar refractivity (Wildman–Crippen MR) is 111 cm³/mol. The van der Waals surface area contributed by atoms with E-state index >= 15 is 0 Å². The van der Waals surface area contributed by atoms with Crippen LogP contribution in [0.3, 0.4) is 0 Å². The van der Waals surface area contributed by atoms with Crippen LogP contribution in [0.25, 0.3) is 0 Å². The zero-order valence-electron chi connectivity index (χ0n) is 18.2. The van der Waals surface area contributed by atoms with Crippen LogP contribution in [0.5, 0.6) is 0 Å². The molecule has 0 spiro atoms. The van der Waals surface area contributed by atoms with E-state index in [0.717, 1.165) is 18.1 Å². The fraction of sp³-hybridized carbons (Fsp3) is 0.652. The van der Waals surface area contributed by atoms with Crippen LogP contribution < -0.4 is 5.32 Å². The van der Waals surface area contributed by atoms with Crippen molar-refractivity contribution in [1.82, 2.24) is 10.2 Å². The molecule has 2 atom stereocenters. The topological polar surface area (TPSA) is 49.4 Å². The van der Waals surface area contributed by atoms with Gasteiger partial charge in [-0.15, -0.1) is 0 Å². The van der Waals surface area contributed by atoms with E-state index in [-0.39, 0.29) is 17.0 Å². The second-order valence-electron chi connectivity index (χ2n) is 9.28. The Hall–Kier alpha value is -1.82. The molecule has 2 unspecified atom stereocenters. The zero-order chi connectivity index (χ0) is 21.8. The van der Waals surface area contributed by atoms with Crippen molar-refractivity contribution in [3.05, 3.63) is 35.4 Å². The van der Waals surface area contributed by atoms with E-state index < -0.39 is 17.4 Å². The molecule has 162 valence electrons. The van der Waals surface area contributed by atoms with Crippen molar-refractivity contribution < 1.29 is 18.4 Å². The molecule has 2 aliphatic heterocycles. The maximum atomic E-state index is 12.6. The minimum absolute atomic E-state index is 0.0774. The maximum absolute atomic E-state index is 12.6. The molecule has 0 radical (unpaired) electrons. The van der Waals surface area contributed by atoms with Crippen molar-refractivity contribution >= 4 is 11.7 Å². The SMILES string of the molecule is CC(=O)c1ccc(F)cc1F.CCC1CC2CCC(C1)N2CC(=O)NC(C)(C)C. The van der Waals surface area contributed by atoms with Crippen LogP contribution in [0, 0.1) is 17.6 Å². The second kappa shape index (κ2) is 9.79. The summed E-state index contributed by atoms with van der Waals surface area (Å²) in [5, 5.41) is 3.08. The quantitative estimate of drug-likeness (QED) is 0.734. The molecular formula is C23H34F2N2O2. The Balaban J connectivity index is 0.000000234. The molecule has 0 aromatic heterocycles. The van der Waals surface area contributed by atoms with E-state index in [0.29, 0.717) is 24.7 Å². The lowest BCUT2D eigenvalue weighted by molar-refractivity contribution is -0.125. The molecule has 3 rings (SSSR count). The number of hydrogen-bond acceptors (Lipinski definition) is 3. The van der Waals surface area contributed by atoms with E-state index in [4.69, 9.17) is 0 Å². The second-order valence-corrected chi connectivity index (χ2v) is 9.28. The summed E-state index contributed by atoms with van der Waals surface area (Å²) in [5.41, 5.74) is -0.191. The number of piperidine rings is 1. The van der Waals surface area contributed by atoms with Gasteiger partial charge in [-0.25, -0.2) is 8.78 Å². The van der Waals surface area contributed by atoms with E-state index in [1.807, 2.05) is 20.8 Å². The summed E-state index contributed by atoms with van der Waals surface area (Å²) in [5.74, 6) is -0.800. The molecular weight excluding hydrogens is 374 g/mol. The molecule has 2 aliphatic rings. The molecule has 0 saturated carbocycles. The highest BCUT2D eigenvalue weighted by Crippen LogP contribution is 2.39. The molecule has 2 fully saturated rings. The van der Waals surface area contributed by atoms with Gasteiger partial charge in [0.05, 0.1) is 12.1 Å². The smallest absolute Gasteiger partial charge is 0.234 e. The highest BCUT2D eigenvalue weighted by Gasteiger charge is 2.40. The summed E-state index contributed by atoms with van der Waals surface area (Å²) in [6, 6.07) is 4.21. The molecule has 1 aromatic carbocycles. The summed E-state index contributed by atoms with van der Waals surface area (Å²) in [6.45, 7) is 10.3. The van der Waals surface area contributed by atoms with Gasteiger partial charge in [0.2, 0.25) is 5.91 Å². The molecule has 1 aromatic rings. The normalized spacial score (nSPS) is 23.9. The molecule has 1 amide bonds. The van der Waals surface area contributed by atoms with E-state index in [9.17, 15) is 18.4 Å². The molecule has 0 aliphatic carbocycles. The van der Waals surface area contributed by atoms with Gasteiger partial charge in [0.15, 0.2) is 5.78 Å². The van der Waals surface area contributed by atoms with Gasteiger partial charge in [-0.2, -0.15) is 0 Å². The lowest BCUT2D eigenvalue weighted by Gasteiger charge is -2.38. The molecule has 1 N–H and O–H groups in total. The summed E-state index contributed by atoms with van der Waals surface area (Å²) >= 11 is 0. The maximum Gasteiger partial charge on any atom is 0.234 e. The Morgan fingerprint density at radius 2 is 1.72 bits per heavy atom. The third kappa shape index (κ3) is 6.88. The highest BCUT2D eigenvalue weighted by atomic mass is 19.1. The van der Waals surface area contributed by atoms with Crippen LogP contribution in [-0.2, 0) is 4.79 Å². The van der Waals surface area contributed by atoms with Crippen molar-refractivity contribution in [3.63, 3.8) is 0 Å². The van der Waals surface area contributed by atoms with Gasteiger partial charge in [0.25, 0.3) is 0 Å². The highest BCUT2D eigenvalue weighted by molar-refractivity contribution is 5.94. The zero-order valence-corrected chi connectivity index (χ0v) is 18.2. The van der Waals surface area contributed by atoms with Crippen molar-refractivity contribution in [3.8, 4) is 0 Å². The Morgan fingerprint density at radius 1 is 1.14 bits per heavy atom. The molecule has 29 heavy (non-hydrogen) atoms. The van der Waals surface area contributed by atoms with Gasteiger partial charge in [0, 0.05) is 23.7 Å². The Labute approximate surface area is 173 Å². The number of rotatable bonds is 4. The molecule has 4 nitrogen and oxygen atoms in total. The van der Waals surface area contributed by atoms with Crippen LogP contribution in [-0.4, -0.2) is 40.8 Å². The van der Waals surface area contributed by atoms with E-state index in [1.54, 1.807) is 0 Å². The molecule has 2 heterocycles. The monoisotopic (exact) mass is 408 g/mol. The van der Waals surface area contributed by atoms with Crippen LogP contribution in [0.15, 0.2) is 18.2 Å². The molecule has 2 saturated heterocycles. The number of fused-ring (bicyclic) bond motifs is 2. The van der Waals surface area contributed by atoms with Gasteiger partial charge < -0.3 is 5.32 Å². The minimum Gasteiger partial charge on any atom is -0.350 e. The van der Waals surface area contributed by atoms with Gasteiger partial charge >= 0.3 is 0 Å². The first-order valence-corrected chi connectivity index (χ1v) is 10.5. The van der Waals surface area contributed by atoms with Crippen molar-refractivity contribution in [1.29, 1.82) is 0 Å². The van der Waals surface area contributed by atoms with Crippen molar-refractivity contribution in [2.45, 2.75) is 84.3 Å². The average molecular weight is 409 g/mol. The molecule has 2 bridgehead atoms. The van der Waals surface area contributed by atoms with Crippen molar-refractivity contribution in [2.75, 3.05) is 6.54 Å². The number of hydrogen-bond donors (Lipinski definition) is 1. The fourth-order valence-electron chi connectivity index (χ4n) is 4.38. The van der Waals surface area contributed by atoms with E-state index in [2.05, 4.69) is 17.1 Å². The predicted octanol–water partition coefficient (Wildman–Crippen LogP) is 4.72. The first-order chi connectivity index (χ1) is 13.5. The largest absolute Gasteiger partial charge is 0.350 e. The average Bonchev–Trinajstić information content (AvgIpc) is 2.82. The number of carbonyl (C=O) groups is 2. The number of nitrogens with one attached hydrogen (secondary N) is 1.